The molecule has 0 bridgehead atoms. The van der Waals surface area contributed by atoms with Gasteiger partial charge in [0, 0.05) is 0 Å². The minimum atomic E-state index is 1.23. The molecule has 50 heavy (non-hydrogen) atoms. The van der Waals surface area contributed by atoms with E-state index in [1.54, 1.807) is 0 Å². The summed E-state index contributed by atoms with van der Waals surface area (Å²) in [5.74, 6) is 0. The molecule has 0 heteroatoms. The van der Waals surface area contributed by atoms with E-state index in [2.05, 4.69) is 194 Å². The van der Waals surface area contributed by atoms with Crippen molar-refractivity contribution < 1.29 is 0 Å². The molecule has 0 saturated heterocycles. The third kappa shape index (κ3) is 4.54. The van der Waals surface area contributed by atoms with Gasteiger partial charge in [-0.1, -0.05) is 182 Å². The van der Waals surface area contributed by atoms with Crippen molar-refractivity contribution in [3.63, 3.8) is 0 Å². The van der Waals surface area contributed by atoms with E-state index in [1.165, 1.54) is 98.4 Å². The Labute approximate surface area is 291 Å². The van der Waals surface area contributed by atoms with Crippen LogP contribution in [-0.2, 0) is 0 Å². The van der Waals surface area contributed by atoms with Crippen LogP contribution in [0.2, 0.25) is 0 Å². The Morgan fingerprint density at radius 2 is 0.460 bits per heavy atom. The van der Waals surface area contributed by atoms with Crippen LogP contribution in [0.1, 0.15) is 0 Å². The lowest BCUT2D eigenvalue weighted by Gasteiger charge is -2.19. The van der Waals surface area contributed by atoms with Crippen molar-refractivity contribution in [3.8, 4) is 44.5 Å². The summed E-state index contributed by atoms with van der Waals surface area (Å²) in [5.41, 5.74) is 9.91. The maximum atomic E-state index is 2.45. The van der Waals surface area contributed by atoms with Crippen LogP contribution in [0, 0.1) is 0 Å². The van der Waals surface area contributed by atoms with Gasteiger partial charge in [0.25, 0.3) is 0 Å². The smallest absolute Gasteiger partial charge is 0.00137 e. The second kappa shape index (κ2) is 11.6. The first kappa shape index (κ1) is 28.5. The van der Waals surface area contributed by atoms with Crippen molar-refractivity contribution in [3.05, 3.63) is 194 Å². The summed E-state index contributed by atoms with van der Waals surface area (Å²) >= 11 is 0. The molecule has 0 fully saturated rings. The zero-order valence-electron chi connectivity index (χ0n) is 27.5. The first-order chi connectivity index (χ1) is 24.8. The van der Waals surface area contributed by atoms with E-state index in [0.717, 1.165) is 0 Å². The Hall–Kier alpha value is -6.50. The lowest BCUT2D eigenvalue weighted by Crippen LogP contribution is -1.91. The van der Waals surface area contributed by atoms with Gasteiger partial charge in [-0.15, -0.1) is 0 Å². The van der Waals surface area contributed by atoms with Gasteiger partial charge in [-0.2, -0.15) is 0 Å². The van der Waals surface area contributed by atoms with Crippen LogP contribution in [0.4, 0.5) is 0 Å². The average Bonchev–Trinajstić information content (AvgIpc) is 3.21. The molecule has 0 unspecified atom stereocenters. The van der Waals surface area contributed by atoms with Gasteiger partial charge < -0.3 is 0 Å². The fourth-order valence-electron chi connectivity index (χ4n) is 8.09. The summed E-state index contributed by atoms with van der Waals surface area (Å²) in [6.45, 7) is 0. The van der Waals surface area contributed by atoms with Crippen molar-refractivity contribution in [2.24, 2.45) is 0 Å². The lowest BCUT2D eigenvalue weighted by atomic mass is 9.84. The topological polar surface area (TPSA) is 0 Å². The number of fused-ring (bicyclic) bond motifs is 10. The highest BCUT2D eigenvalue weighted by atomic mass is 14.2. The van der Waals surface area contributed by atoms with Gasteiger partial charge in [-0.05, 0) is 111 Å². The Morgan fingerprint density at radius 3 is 0.840 bits per heavy atom. The molecule has 0 radical (unpaired) electrons. The predicted molar refractivity (Wildman–Crippen MR) is 216 cm³/mol. The minimum Gasteiger partial charge on any atom is -0.0622 e. The van der Waals surface area contributed by atoms with Crippen LogP contribution >= 0.6 is 0 Å². The number of hydrogen-bond acceptors (Lipinski definition) is 0. The monoisotopic (exact) mass is 632 g/mol. The second-order valence-electron chi connectivity index (χ2n) is 13.2. The van der Waals surface area contributed by atoms with E-state index < -0.39 is 0 Å². The van der Waals surface area contributed by atoms with Crippen LogP contribution in [0.5, 0.6) is 0 Å². The number of hydrogen-bond donors (Lipinski definition) is 0. The van der Waals surface area contributed by atoms with Gasteiger partial charge in [0.2, 0.25) is 0 Å². The molecule has 0 heterocycles. The molecule has 10 rings (SSSR count). The van der Waals surface area contributed by atoms with E-state index in [1.807, 2.05) is 0 Å². The molecule has 0 saturated carbocycles. The highest BCUT2D eigenvalue weighted by Crippen LogP contribution is 2.47. The van der Waals surface area contributed by atoms with Crippen molar-refractivity contribution >= 4 is 53.9 Å². The molecule has 0 aliphatic carbocycles. The van der Waals surface area contributed by atoms with Gasteiger partial charge in [-0.25, -0.2) is 0 Å². The van der Waals surface area contributed by atoms with Gasteiger partial charge in [0.05, 0.1) is 0 Å². The van der Waals surface area contributed by atoms with E-state index in [0.29, 0.717) is 0 Å². The largest absolute Gasteiger partial charge is 0.0622 e. The van der Waals surface area contributed by atoms with Crippen LogP contribution < -0.4 is 0 Å². The summed E-state index contributed by atoms with van der Waals surface area (Å²) in [5, 5.41) is 12.9. The molecular weight excluding hydrogens is 601 g/mol. The zero-order chi connectivity index (χ0) is 33.0. The molecule has 10 aromatic carbocycles. The van der Waals surface area contributed by atoms with Crippen molar-refractivity contribution in [1.82, 2.24) is 0 Å². The van der Waals surface area contributed by atoms with Crippen LogP contribution in [0.15, 0.2) is 194 Å². The Balaban J connectivity index is 1.26. The molecule has 0 nitrogen and oxygen atoms in total. The summed E-state index contributed by atoms with van der Waals surface area (Å²) < 4.78 is 0. The zero-order valence-corrected chi connectivity index (χ0v) is 27.5. The molecule has 10 aromatic rings. The van der Waals surface area contributed by atoms with Crippen LogP contribution in [0.25, 0.3) is 98.4 Å². The normalized spacial score (nSPS) is 11.6. The Kier molecular flexibility index (Phi) is 6.60. The molecular formula is C50H32. The van der Waals surface area contributed by atoms with E-state index in [9.17, 15) is 0 Å². The molecule has 0 aliphatic rings. The molecule has 0 aliphatic heterocycles. The SMILES string of the molecule is c1ccc(-c2ccc(-c3cc4c5ccccc5c5cc(-c6ccc(-c7ccccc7)cc6)c6ccccc6c5c4c4ccccc34)cc2)cc1. The number of benzene rings is 10. The first-order valence-electron chi connectivity index (χ1n) is 17.4. The summed E-state index contributed by atoms with van der Waals surface area (Å²) in [6, 6.07) is 71.2. The molecule has 0 spiro atoms. The predicted octanol–water partition coefficient (Wildman–Crippen LogP) is 14.1. The quantitative estimate of drug-likeness (QED) is 0.169. The van der Waals surface area contributed by atoms with Gasteiger partial charge in [0.15, 0.2) is 0 Å². The lowest BCUT2D eigenvalue weighted by molar-refractivity contribution is 1.61. The van der Waals surface area contributed by atoms with E-state index in [4.69, 9.17) is 0 Å². The summed E-state index contributed by atoms with van der Waals surface area (Å²) in [4.78, 5) is 0. The average molecular weight is 633 g/mol. The molecule has 0 atom stereocenters. The van der Waals surface area contributed by atoms with Crippen LogP contribution in [-0.4, -0.2) is 0 Å². The maximum Gasteiger partial charge on any atom is -0.00137 e. The summed E-state index contributed by atoms with van der Waals surface area (Å²) in [7, 11) is 0. The first-order valence-corrected chi connectivity index (χ1v) is 17.4. The van der Waals surface area contributed by atoms with Crippen molar-refractivity contribution in [2.75, 3.05) is 0 Å². The highest BCUT2D eigenvalue weighted by Gasteiger charge is 2.19. The van der Waals surface area contributed by atoms with E-state index >= 15 is 0 Å². The fraction of sp³-hybridized carbons (Fsp3) is 0. The third-order valence-electron chi connectivity index (χ3n) is 10.5. The maximum absolute atomic E-state index is 2.45. The standard InChI is InChI=1S/C50H32/c1-3-13-33(14-4-1)35-23-27-37(28-24-35)45-31-47-39-17-7-8-18-40(39)48-32-46(38-29-25-36(26-30-38)34-15-5-2-6-16-34)42-20-10-12-22-44(42)50(48)49(47)43-21-11-9-19-41(43)45/h1-32H. The molecule has 0 aromatic heterocycles. The molecule has 0 N–H and O–H groups in total. The van der Waals surface area contributed by atoms with Gasteiger partial charge >= 0.3 is 0 Å². The fourth-order valence-corrected chi connectivity index (χ4v) is 8.09. The van der Waals surface area contributed by atoms with Gasteiger partial charge in [0.1, 0.15) is 0 Å². The molecule has 232 valence electrons. The third-order valence-corrected chi connectivity index (χ3v) is 10.5. The van der Waals surface area contributed by atoms with E-state index in [-0.39, 0.29) is 0 Å². The van der Waals surface area contributed by atoms with Crippen molar-refractivity contribution in [1.29, 1.82) is 0 Å². The summed E-state index contributed by atoms with van der Waals surface area (Å²) in [6.07, 6.45) is 0. The minimum absolute atomic E-state index is 1.23. The Morgan fingerprint density at radius 1 is 0.180 bits per heavy atom. The Bertz CT molecular complexity index is 2660. The highest BCUT2D eigenvalue weighted by molar-refractivity contribution is 6.38. The van der Waals surface area contributed by atoms with Crippen LogP contribution in [0.3, 0.4) is 0 Å². The number of rotatable bonds is 4. The second-order valence-corrected chi connectivity index (χ2v) is 13.2. The van der Waals surface area contributed by atoms with Gasteiger partial charge in [-0.3, -0.25) is 0 Å². The van der Waals surface area contributed by atoms with Crippen molar-refractivity contribution in [2.45, 2.75) is 0 Å². The molecule has 0 amide bonds.